The van der Waals surface area contributed by atoms with Gasteiger partial charge in [-0.2, -0.15) is 0 Å². The van der Waals surface area contributed by atoms with Crippen molar-refractivity contribution in [1.29, 1.82) is 0 Å². The third-order valence-electron chi connectivity index (χ3n) is 6.05. The van der Waals surface area contributed by atoms with Gasteiger partial charge in [0.2, 0.25) is 0 Å². The van der Waals surface area contributed by atoms with Gasteiger partial charge >= 0.3 is 0 Å². The zero-order valence-electron chi connectivity index (χ0n) is 26.1. The topological polar surface area (TPSA) is 170 Å². The van der Waals surface area contributed by atoms with E-state index in [1.165, 1.54) is 43.6 Å². The average molecular weight is 710 g/mol. The molecule has 4 N–H and O–H groups in total. The molecule has 0 bridgehead atoms. The summed E-state index contributed by atoms with van der Waals surface area (Å²) in [4.78, 5) is 0.339. The molecule has 4 rings (SSSR count). The number of oxime groups is 4. The molecule has 0 saturated carbocycles. The van der Waals surface area contributed by atoms with Gasteiger partial charge in [0, 0.05) is 21.7 Å². The van der Waals surface area contributed by atoms with E-state index in [2.05, 4.69) is 112 Å². The fraction of sp³-hybridized carbons (Fsp3) is 0.152. The molecule has 0 amide bonds. The van der Waals surface area contributed by atoms with Crippen molar-refractivity contribution in [1.82, 2.24) is 0 Å². The predicted molar refractivity (Wildman–Crippen MR) is 184 cm³/mol. The summed E-state index contributed by atoms with van der Waals surface area (Å²) in [6.45, 7) is 8.06. The summed E-state index contributed by atoms with van der Waals surface area (Å²) >= 11 is -2.09. The molecule has 247 valence electrons. The van der Waals surface area contributed by atoms with Crippen molar-refractivity contribution in [2.24, 2.45) is 20.6 Å². The van der Waals surface area contributed by atoms with E-state index in [4.69, 9.17) is 20.8 Å². The fourth-order valence-electron chi connectivity index (χ4n) is 3.25. The van der Waals surface area contributed by atoms with Crippen molar-refractivity contribution in [2.45, 2.75) is 39.5 Å². The van der Waals surface area contributed by atoms with Gasteiger partial charge in [0.15, 0.2) is 0 Å². The molecule has 4 aromatic carbocycles. The molecule has 13 heteroatoms. The molecular weight excluding hydrogens is 670 g/mol. The van der Waals surface area contributed by atoms with Crippen LogP contribution in [0.1, 0.15) is 33.3 Å². The van der Waals surface area contributed by atoms with Gasteiger partial charge in [0.25, 0.3) is 0 Å². The third-order valence-corrected chi connectivity index (χ3v) is 9.44. The van der Waals surface area contributed by atoms with Gasteiger partial charge in [0.1, 0.15) is 38.8 Å². The van der Waals surface area contributed by atoms with Gasteiger partial charge < -0.3 is 25.4 Å². The van der Waals surface area contributed by atoms with E-state index < -0.39 is 19.0 Å². The van der Waals surface area contributed by atoms with Crippen molar-refractivity contribution in [2.75, 3.05) is 0 Å². The molecule has 1 atom stereocenters. The standard InChI is InChI=1S/C18H15P.C7H8O2S.2C4H8N2O2.Co/c1-4-10-16(11-5-1)19(17-12-6-2-7-13-17)18-14-8-3-9-15-18;1-6-2-4-7(5-3-6)10(8)9;2*1-3(5-7)4(2)6-8;/h1-15H;2-5H,1H3,(H,8,9);2*7-8H,1-2H3;/b;;2*5-3+,6-4+;. The third kappa shape index (κ3) is 15.7. The van der Waals surface area contributed by atoms with E-state index in [-0.39, 0.29) is 16.8 Å². The Labute approximate surface area is 284 Å². The molecule has 0 saturated heterocycles. The fourth-order valence-corrected chi connectivity index (χ4v) is 6.19. The van der Waals surface area contributed by atoms with Gasteiger partial charge in [-0.15, -0.1) is 0 Å². The molecule has 0 spiro atoms. The molecule has 1 radical (unpaired) electrons. The van der Waals surface area contributed by atoms with Crippen molar-refractivity contribution >= 4 is 57.8 Å². The number of nitrogens with zero attached hydrogens (tertiary/aromatic N) is 4. The molecule has 0 aliphatic rings. The van der Waals surface area contributed by atoms with Crippen molar-refractivity contribution in [3.63, 3.8) is 0 Å². The zero-order valence-corrected chi connectivity index (χ0v) is 29.0. The second-order valence-electron chi connectivity index (χ2n) is 9.26. The van der Waals surface area contributed by atoms with E-state index >= 15 is 0 Å². The Hall–Kier alpha value is -4.19. The van der Waals surface area contributed by atoms with Crippen LogP contribution in [0.4, 0.5) is 0 Å². The molecule has 10 nitrogen and oxygen atoms in total. The largest absolute Gasteiger partial charge is 0.768 e. The SMILES string of the molecule is CC(=N\O)/C(C)=N/O.CC(=N\O)/C(C)=N/O.Cc1ccc(S(=O)[O-])cc1.[Co].c1ccc([PH+](c2ccccc2)c2ccccc2)cc1. The zero-order chi connectivity index (χ0) is 33.6. The summed E-state index contributed by atoms with van der Waals surface area (Å²) in [5.41, 5.74) is 2.31. The summed E-state index contributed by atoms with van der Waals surface area (Å²) in [7, 11) is -0.877. The van der Waals surface area contributed by atoms with E-state index in [0.29, 0.717) is 27.7 Å². The first-order valence-electron chi connectivity index (χ1n) is 13.5. The number of benzene rings is 4. The van der Waals surface area contributed by atoms with E-state index in [1.54, 1.807) is 24.3 Å². The minimum atomic E-state index is -2.09. The molecule has 4 aromatic rings. The Bertz CT molecular complexity index is 1400. The Kier molecular flexibility index (Phi) is 21.9. The van der Waals surface area contributed by atoms with Crippen LogP contribution in [0.25, 0.3) is 0 Å². The van der Waals surface area contributed by atoms with Crippen LogP contribution in [0.15, 0.2) is 141 Å². The number of rotatable bonds is 6. The molecule has 0 aliphatic heterocycles. The van der Waals surface area contributed by atoms with E-state index in [0.717, 1.165) is 5.56 Å². The van der Waals surface area contributed by atoms with Crippen LogP contribution in [0.3, 0.4) is 0 Å². The summed E-state index contributed by atoms with van der Waals surface area (Å²) < 4.78 is 20.6. The first-order valence-corrected chi connectivity index (χ1v) is 16.1. The summed E-state index contributed by atoms with van der Waals surface area (Å²) in [5, 5.41) is 47.6. The minimum Gasteiger partial charge on any atom is -0.768 e. The maximum atomic E-state index is 10.3. The van der Waals surface area contributed by atoms with E-state index in [1.807, 2.05) is 6.92 Å². The van der Waals surface area contributed by atoms with Gasteiger partial charge in [-0.1, -0.05) is 92.9 Å². The molecular formula is C33H39CoN4O6PS. The van der Waals surface area contributed by atoms with Crippen LogP contribution in [0, 0.1) is 6.92 Å². The van der Waals surface area contributed by atoms with Gasteiger partial charge in [-0.05, 0) is 94.2 Å². The van der Waals surface area contributed by atoms with Gasteiger partial charge in [-0.25, -0.2) is 0 Å². The van der Waals surface area contributed by atoms with Crippen LogP contribution < -0.4 is 15.9 Å². The van der Waals surface area contributed by atoms with Crippen molar-refractivity contribution in [3.05, 3.63) is 121 Å². The molecule has 1 unspecified atom stereocenters. The summed E-state index contributed by atoms with van der Waals surface area (Å²) in [6.07, 6.45) is 0. The molecule has 0 heterocycles. The number of hydrogen-bond donors (Lipinski definition) is 4. The number of hydrogen-bond acceptors (Lipinski definition) is 10. The van der Waals surface area contributed by atoms with Crippen LogP contribution in [-0.2, 0) is 27.9 Å². The quantitative estimate of drug-likeness (QED) is 0.0650. The van der Waals surface area contributed by atoms with Crippen molar-refractivity contribution < 1.29 is 46.4 Å². The van der Waals surface area contributed by atoms with E-state index in [9.17, 15) is 8.76 Å². The van der Waals surface area contributed by atoms with Gasteiger partial charge in [-0.3, -0.25) is 4.21 Å². The minimum absolute atomic E-state index is 0. The normalized spacial score (nSPS) is 12.2. The van der Waals surface area contributed by atoms with Crippen LogP contribution >= 0.6 is 7.92 Å². The number of aryl methyl sites for hydroxylation is 1. The average Bonchev–Trinajstić information content (AvgIpc) is 3.09. The van der Waals surface area contributed by atoms with Crippen LogP contribution in [0.2, 0.25) is 0 Å². The summed E-state index contributed by atoms with van der Waals surface area (Å²) in [6, 6.07) is 39.2. The van der Waals surface area contributed by atoms with Gasteiger partial charge in [0.05, 0.1) is 7.92 Å². The van der Waals surface area contributed by atoms with Crippen molar-refractivity contribution in [3.8, 4) is 0 Å². The van der Waals surface area contributed by atoms with Crippen LogP contribution in [0.5, 0.6) is 0 Å². The molecule has 0 fully saturated rings. The Morgan fingerprint density at radius 2 is 0.804 bits per heavy atom. The molecule has 46 heavy (non-hydrogen) atoms. The maximum Gasteiger partial charge on any atom is 0.102 e. The Balaban J connectivity index is 0.000000641. The Morgan fingerprint density at radius 1 is 0.543 bits per heavy atom. The first kappa shape index (κ1) is 41.8. The van der Waals surface area contributed by atoms with Crippen LogP contribution in [-0.4, -0.2) is 52.4 Å². The first-order chi connectivity index (χ1) is 21.6. The summed E-state index contributed by atoms with van der Waals surface area (Å²) in [5.74, 6) is 0. The smallest absolute Gasteiger partial charge is 0.102 e. The molecule has 0 aliphatic carbocycles. The second kappa shape index (κ2) is 24.1. The second-order valence-corrected chi connectivity index (χ2v) is 12.7. The molecule has 0 aromatic heterocycles. The predicted octanol–water partition coefficient (Wildman–Crippen LogP) is 5.78. The Morgan fingerprint density at radius 3 is 1.02 bits per heavy atom. The maximum absolute atomic E-state index is 10.3. The monoisotopic (exact) mass is 709 g/mol.